The highest BCUT2D eigenvalue weighted by molar-refractivity contribution is 5.50. The molecule has 2 aromatic rings. The molecule has 3 N–H and O–H groups in total. The zero-order valence-electron chi connectivity index (χ0n) is 11.8. The highest BCUT2D eigenvalue weighted by atomic mass is 15.0. The molecule has 0 unspecified atom stereocenters. The van der Waals surface area contributed by atoms with Crippen molar-refractivity contribution < 1.29 is 0 Å². The summed E-state index contributed by atoms with van der Waals surface area (Å²) in [5.41, 5.74) is 11.5. The third-order valence-electron chi connectivity index (χ3n) is 3.38. The monoisotopic (exact) mass is 255 g/mol. The summed E-state index contributed by atoms with van der Waals surface area (Å²) in [5.74, 6) is 0.915. The Hall–Kier alpha value is -2.03. The average Bonchev–Trinajstić information content (AvgIpc) is 2.36. The van der Waals surface area contributed by atoms with Crippen LogP contribution in [0.4, 0.5) is 11.5 Å². The minimum atomic E-state index is 0.706. The molecule has 1 aromatic carbocycles. The molecular weight excluding hydrogens is 234 g/mol. The number of nitrogens with two attached hydrogens (primary N) is 1. The number of nitrogens with one attached hydrogen (secondary N) is 1. The maximum atomic E-state index is 5.69. The Labute approximate surface area is 114 Å². The molecule has 2 rings (SSSR count). The lowest BCUT2D eigenvalue weighted by molar-refractivity contribution is 0.997. The van der Waals surface area contributed by atoms with Gasteiger partial charge in [-0.1, -0.05) is 18.2 Å². The van der Waals surface area contributed by atoms with Gasteiger partial charge in [-0.2, -0.15) is 0 Å². The average molecular weight is 255 g/mol. The summed E-state index contributed by atoms with van der Waals surface area (Å²) in [4.78, 5) is 4.30. The molecule has 0 amide bonds. The van der Waals surface area contributed by atoms with E-state index in [0.29, 0.717) is 5.69 Å². The second-order valence-electron chi connectivity index (χ2n) is 5.03. The molecule has 100 valence electrons. The molecule has 1 heterocycles. The Morgan fingerprint density at radius 1 is 1.05 bits per heavy atom. The number of anilines is 2. The maximum absolute atomic E-state index is 5.69. The van der Waals surface area contributed by atoms with Crippen molar-refractivity contribution in [3.05, 3.63) is 52.7 Å². The van der Waals surface area contributed by atoms with E-state index in [4.69, 9.17) is 5.73 Å². The number of nitrogens with zero attached hydrogens (tertiary/aromatic N) is 1. The van der Waals surface area contributed by atoms with Gasteiger partial charge in [0.1, 0.15) is 5.82 Å². The zero-order valence-corrected chi connectivity index (χ0v) is 11.8. The SMILES string of the molecule is Cc1ccc(CCNc2ncc(N)cc2C)cc1C. The van der Waals surface area contributed by atoms with Gasteiger partial charge in [0.25, 0.3) is 0 Å². The van der Waals surface area contributed by atoms with Crippen molar-refractivity contribution in [2.24, 2.45) is 0 Å². The van der Waals surface area contributed by atoms with Crippen molar-refractivity contribution in [3.63, 3.8) is 0 Å². The highest BCUT2D eigenvalue weighted by Gasteiger charge is 2.01. The van der Waals surface area contributed by atoms with Crippen LogP contribution in [0.25, 0.3) is 0 Å². The van der Waals surface area contributed by atoms with Crippen molar-refractivity contribution in [2.75, 3.05) is 17.6 Å². The Balaban J connectivity index is 1.94. The second-order valence-corrected chi connectivity index (χ2v) is 5.03. The number of aryl methyl sites for hydroxylation is 3. The van der Waals surface area contributed by atoms with Gasteiger partial charge in [0.2, 0.25) is 0 Å². The number of hydrogen-bond donors (Lipinski definition) is 2. The summed E-state index contributed by atoms with van der Waals surface area (Å²) in [6.07, 6.45) is 2.68. The zero-order chi connectivity index (χ0) is 13.8. The Kier molecular flexibility index (Phi) is 4.05. The molecule has 0 aliphatic rings. The molecule has 0 radical (unpaired) electrons. The topological polar surface area (TPSA) is 50.9 Å². The lowest BCUT2D eigenvalue weighted by atomic mass is 10.0. The van der Waals surface area contributed by atoms with E-state index in [2.05, 4.69) is 42.3 Å². The lowest BCUT2D eigenvalue weighted by Gasteiger charge is -2.10. The van der Waals surface area contributed by atoms with Crippen LogP contribution in [0.1, 0.15) is 22.3 Å². The number of hydrogen-bond acceptors (Lipinski definition) is 3. The van der Waals surface area contributed by atoms with Gasteiger partial charge in [-0.3, -0.25) is 0 Å². The van der Waals surface area contributed by atoms with Gasteiger partial charge < -0.3 is 11.1 Å². The second kappa shape index (κ2) is 5.74. The molecule has 3 nitrogen and oxygen atoms in total. The number of nitrogen functional groups attached to an aromatic ring is 1. The van der Waals surface area contributed by atoms with Crippen LogP contribution < -0.4 is 11.1 Å². The third-order valence-corrected chi connectivity index (χ3v) is 3.38. The summed E-state index contributed by atoms with van der Waals surface area (Å²) in [6, 6.07) is 8.55. The van der Waals surface area contributed by atoms with Crippen molar-refractivity contribution in [3.8, 4) is 0 Å². The van der Waals surface area contributed by atoms with Crippen molar-refractivity contribution in [1.82, 2.24) is 4.98 Å². The summed E-state index contributed by atoms with van der Waals surface area (Å²) in [5, 5.41) is 3.36. The maximum Gasteiger partial charge on any atom is 0.129 e. The summed E-state index contributed by atoms with van der Waals surface area (Å²) < 4.78 is 0. The predicted octanol–water partition coefficient (Wildman–Crippen LogP) is 3.24. The van der Waals surface area contributed by atoms with E-state index in [1.165, 1.54) is 16.7 Å². The predicted molar refractivity (Wildman–Crippen MR) is 81.5 cm³/mol. The van der Waals surface area contributed by atoms with Crippen LogP contribution in [0, 0.1) is 20.8 Å². The quantitative estimate of drug-likeness (QED) is 0.881. The molecule has 19 heavy (non-hydrogen) atoms. The van der Waals surface area contributed by atoms with E-state index in [-0.39, 0.29) is 0 Å². The molecule has 0 aliphatic carbocycles. The Bertz CT molecular complexity index is 576. The summed E-state index contributed by atoms with van der Waals surface area (Å²) in [7, 11) is 0. The summed E-state index contributed by atoms with van der Waals surface area (Å²) >= 11 is 0. The van der Waals surface area contributed by atoms with Crippen LogP contribution in [0.5, 0.6) is 0 Å². The standard InChI is InChI=1S/C16H21N3/c1-11-4-5-14(8-12(11)2)6-7-18-16-13(3)9-15(17)10-19-16/h4-5,8-10H,6-7,17H2,1-3H3,(H,18,19). The first kappa shape index (κ1) is 13.4. The van der Waals surface area contributed by atoms with Crippen LogP contribution in [-0.2, 0) is 6.42 Å². The normalized spacial score (nSPS) is 10.5. The first-order valence-electron chi connectivity index (χ1n) is 6.58. The smallest absolute Gasteiger partial charge is 0.129 e. The van der Waals surface area contributed by atoms with E-state index in [1.807, 2.05) is 13.0 Å². The van der Waals surface area contributed by atoms with Gasteiger partial charge in [-0.15, -0.1) is 0 Å². The molecule has 0 spiro atoms. The molecule has 0 bridgehead atoms. The Morgan fingerprint density at radius 2 is 1.84 bits per heavy atom. The Morgan fingerprint density at radius 3 is 2.53 bits per heavy atom. The van der Waals surface area contributed by atoms with Gasteiger partial charge in [0.15, 0.2) is 0 Å². The van der Waals surface area contributed by atoms with E-state index >= 15 is 0 Å². The fourth-order valence-corrected chi connectivity index (χ4v) is 2.07. The number of pyridine rings is 1. The summed E-state index contributed by atoms with van der Waals surface area (Å²) in [6.45, 7) is 7.18. The molecule has 0 fully saturated rings. The molecule has 0 aliphatic heterocycles. The molecule has 3 heteroatoms. The molecular formula is C16H21N3. The number of rotatable bonds is 4. The first-order chi connectivity index (χ1) is 9.06. The van der Waals surface area contributed by atoms with E-state index in [9.17, 15) is 0 Å². The van der Waals surface area contributed by atoms with Crippen molar-refractivity contribution in [2.45, 2.75) is 27.2 Å². The van der Waals surface area contributed by atoms with Crippen LogP contribution >= 0.6 is 0 Å². The van der Waals surface area contributed by atoms with Gasteiger partial charge >= 0.3 is 0 Å². The van der Waals surface area contributed by atoms with Crippen LogP contribution in [0.15, 0.2) is 30.5 Å². The molecule has 0 saturated carbocycles. The van der Waals surface area contributed by atoms with Gasteiger partial charge in [-0.05, 0) is 55.5 Å². The molecule has 1 aromatic heterocycles. The third kappa shape index (κ3) is 3.47. The minimum absolute atomic E-state index is 0.706. The number of benzene rings is 1. The lowest BCUT2D eigenvalue weighted by Crippen LogP contribution is -2.08. The highest BCUT2D eigenvalue weighted by Crippen LogP contribution is 2.14. The van der Waals surface area contributed by atoms with E-state index < -0.39 is 0 Å². The van der Waals surface area contributed by atoms with Crippen molar-refractivity contribution in [1.29, 1.82) is 0 Å². The van der Waals surface area contributed by atoms with Crippen LogP contribution in [-0.4, -0.2) is 11.5 Å². The van der Waals surface area contributed by atoms with Gasteiger partial charge in [0.05, 0.1) is 11.9 Å². The van der Waals surface area contributed by atoms with Gasteiger partial charge in [-0.25, -0.2) is 4.98 Å². The van der Waals surface area contributed by atoms with E-state index in [0.717, 1.165) is 24.3 Å². The number of aromatic nitrogens is 1. The first-order valence-corrected chi connectivity index (χ1v) is 6.58. The largest absolute Gasteiger partial charge is 0.397 e. The van der Waals surface area contributed by atoms with Crippen LogP contribution in [0.3, 0.4) is 0 Å². The van der Waals surface area contributed by atoms with Crippen molar-refractivity contribution >= 4 is 11.5 Å². The fourth-order valence-electron chi connectivity index (χ4n) is 2.07. The van der Waals surface area contributed by atoms with Gasteiger partial charge in [0, 0.05) is 6.54 Å². The molecule has 0 atom stereocenters. The van der Waals surface area contributed by atoms with Crippen LogP contribution in [0.2, 0.25) is 0 Å². The molecule has 0 saturated heterocycles. The fraction of sp³-hybridized carbons (Fsp3) is 0.312. The minimum Gasteiger partial charge on any atom is -0.397 e. The van der Waals surface area contributed by atoms with E-state index in [1.54, 1.807) is 6.20 Å².